The zero-order chi connectivity index (χ0) is 24.9. The molecule has 3 atom stereocenters. The number of aromatic nitrogens is 2. The summed E-state index contributed by atoms with van der Waals surface area (Å²) in [6.07, 6.45) is 1.72. The molecule has 1 aromatic heterocycles. The van der Waals surface area contributed by atoms with Crippen LogP contribution in [-0.4, -0.2) is 38.9 Å². The van der Waals surface area contributed by atoms with Crippen LogP contribution in [0, 0.1) is 6.92 Å². The minimum absolute atomic E-state index is 0.0443. The Labute approximate surface area is 203 Å². The van der Waals surface area contributed by atoms with Crippen LogP contribution in [0.4, 0.5) is 0 Å². The summed E-state index contributed by atoms with van der Waals surface area (Å²) in [6.45, 7) is 1.55. The van der Waals surface area contributed by atoms with E-state index in [1.165, 1.54) is 41.6 Å². The van der Waals surface area contributed by atoms with Gasteiger partial charge in [0.25, 0.3) is 11.5 Å². The summed E-state index contributed by atoms with van der Waals surface area (Å²) >= 11 is 1.29. The lowest BCUT2D eigenvalue weighted by Crippen LogP contribution is -2.46. The molecule has 0 N–H and O–H groups in total. The average Bonchev–Trinajstić information content (AvgIpc) is 3.28. The van der Waals surface area contributed by atoms with E-state index >= 15 is 0 Å². The highest BCUT2D eigenvalue weighted by atomic mass is 32.2. The van der Waals surface area contributed by atoms with Gasteiger partial charge in [0.05, 0.1) is 17.0 Å². The zero-order valence-electron chi connectivity index (χ0n) is 18.7. The smallest absolute Gasteiger partial charge is 0.339 e. The molecule has 0 amide bonds. The Balaban J connectivity index is 1.62. The van der Waals surface area contributed by atoms with Gasteiger partial charge >= 0.3 is 11.7 Å². The number of rotatable bonds is 6. The molecule has 1 aliphatic heterocycles. The number of aryl methyl sites for hydroxylation is 1. The van der Waals surface area contributed by atoms with E-state index in [9.17, 15) is 19.2 Å². The van der Waals surface area contributed by atoms with Gasteiger partial charge in [-0.25, -0.2) is 9.59 Å². The van der Waals surface area contributed by atoms with Crippen molar-refractivity contribution < 1.29 is 14.3 Å². The predicted octanol–water partition coefficient (Wildman–Crippen LogP) is 3.55. The van der Waals surface area contributed by atoms with E-state index in [1.807, 2.05) is 0 Å². The lowest BCUT2D eigenvalue weighted by Gasteiger charge is -2.19. The van der Waals surface area contributed by atoms with E-state index in [0.29, 0.717) is 16.6 Å². The van der Waals surface area contributed by atoms with E-state index in [4.69, 9.17) is 10.3 Å². The Morgan fingerprint density at radius 2 is 1.71 bits per heavy atom. The molecule has 1 fully saturated rings. The van der Waals surface area contributed by atoms with E-state index in [2.05, 4.69) is 10.0 Å². The Kier molecular flexibility index (Phi) is 7.19. The van der Waals surface area contributed by atoms with Crippen molar-refractivity contribution in [3.05, 3.63) is 115 Å². The normalized spacial score (nSPS) is 19.1. The molecule has 2 heterocycles. The number of carbonyl (C=O) groups is 2. The molecule has 3 aromatic rings. The van der Waals surface area contributed by atoms with Crippen molar-refractivity contribution in [2.45, 2.75) is 30.0 Å². The molecule has 2 aromatic carbocycles. The first-order valence-corrected chi connectivity index (χ1v) is 11.7. The van der Waals surface area contributed by atoms with Gasteiger partial charge < -0.3 is 4.74 Å². The highest BCUT2D eigenvalue weighted by Gasteiger charge is 2.38. The van der Waals surface area contributed by atoms with Gasteiger partial charge in [0.1, 0.15) is 6.61 Å². The van der Waals surface area contributed by atoms with E-state index < -0.39 is 34.5 Å². The third-order valence-corrected chi connectivity index (χ3v) is 7.09. The number of hydrogen-bond donors (Lipinski definition) is 0. The summed E-state index contributed by atoms with van der Waals surface area (Å²) in [7, 11) is 0. The van der Waals surface area contributed by atoms with Crippen LogP contribution in [0.25, 0.3) is 10.4 Å². The first-order valence-electron chi connectivity index (χ1n) is 10.8. The second-order valence-corrected chi connectivity index (χ2v) is 9.36. The molecule has 35 heavy (non-hydrogen) atoms. The number of carbonyl (C=O) groups excluding carboxylic acids is 2. The summed E-state index contributed by atoms with van der Waals surface area (Å²) in [6, 6.07) is 15.9. The fourth-order valence-corrected chi connectivity index (χ4v) is 5.33. The van der Waals surface area contributed by atoms with E-state index in [-0.39, 0.29) is 23.0 Å². The van der Waals surface area contributed by atoms with Gasteiger partial charge in [-0.05, 0) is 43.1 Å². The summed E-state index contributed by atoms with van der Waals surface area (Å²) in [5.74, 6) is -1.22. The number of thioether (sulfide) groups is 1. The van der Waals surface area contributed by atoms with Crippen LogP contribution in [-0.2, 0) is 4.74 Å². The van der Waals surface area contributed by atoms with Gasteiger partial charge in [-0.1, -0.05) is 41.5 Å². The summed E-state index contributed by atoms with van der Waals surface area (Å²) in [5, 5.41) is 2.88. The van der Waals surface area contributed by atoms with Crippen LogP contribution < -0.4 is 11.2 Å². The molecule has 1 saturated heterocycles. The number of hydrogen-bond acceptors (Lipinski definition) is 7. The van der Waals surface area contributed by atoms with Crippen LogP contribution in [0.3, 0.4) is 0 Å². The number of ether oxygens (including phenoxy) is 1. The quantitative estimate of drug-likeness (QED) is 0.224. The SMILES string of the molecule is Cc1cn([C@@H]2S[C@H](COC(=O)c3ccccc3)C[C@@H]2N=[N+]=[N-])c(=O)n(C(=O)c2ccccc2)c1=O. The lowest BCUT2D eigenvalue weighted by molar-refractivity contribution is 0.0504. The summed E-state index contributed by atoms with van der Waals surface area (Å²) in [5.41, 5.74) is 8.33. The maximum atomic E-state index is 13.3. The predicted molar refractivity (Wildman–Crippen MR) is 131 cm³/mol. The topological polar surface area (TPSA) is 136 Å². The van der Waals surface area contributed by atoms with Gasteiger partial charge in [0, 0.05) is 27.5 Å². The van der Waals surface area contributed by atoms with Crippen molar-refractivity contribution >= 4 is 23.6 Å². The minimum Gasteiger partial charge on any atom is -0.461 e. The highest BCUT2D eigenvalue weighted by molar-refractivity contribution is 8.00. The Hall–Kier alpha value is -4.08. The van der Waals surface area contributed by atoms with Crippen molar-refractivity contribution in [1.29, 1.82) is 0 Å². The molecule has 0 spiro atoms. The standard InChI is InChI=1S/C24H21N5O5S/c1-15-13-28(24(33)29(20(15)30)21(31)16-8-4-2-5-9-16)22-19(26-27-25)12-18(35-22)14-34-23(32)17-10-6-3-7-11-17/h2-11,13,18-19,22H,12,14H2,1H3/t18-,19-,22+/m0/s1. The van der Waals surface area contributed by atoms with Gasteiger partial charge in [-0.15, -0.1) is 11.8 Å². The van der Waals surface area contributed by atoms with Crippen LogP contribution in [0.5, 0.6) is 0 Å². The first kappa shape index (κ1) is 24.1. The first-order chi connectivity index (χ1) is 16.9. The second kappa shape index (κ2) is 10.5. The van der Waals surface area contributed by atoms with Crippen LogP contribution in [0.15, 0.2) is 81.6 Å². The van der Waals surface area contributed by atoms with Crippen molar-refractivity contribution in [2.24, 2.45) is 5.11 Å². The van der Waals surface area contributed by atoms with Gasteiger partial charge in [0.2, 0.25) is 0 Å². The Bertz CT molecular complexity index is 1410. The maximum Gasteiger partial charge on any atom is 0.339 e. The fraction of sp³-hybridized carbons (Fsp3) is 0.250. The number of benzene rings is 2. The van der Waals surface area contributed by atoms with Crippen molar-refractivity contribution in [3.8, 4) is 0 Å². The Morgan fingerprint density at radius 1 is 1.09 bits per heavy atom. The molecule has 0 bridgehead atoms. The van der Waals surface area contributed by atoms with E-state index in [0.717, 1.165) is 0 Å². The largest absolute Gasteiger partial charge is 0.461 e. The molecular formula is C24H21N5O5S. The zero-order valence-corrected chi connectivity index (χ0v) is 19.5. The third-order valence-electron chi connectivity index (χ3n) is 5.56. The lowest BCUT2D eigenvalue weighted by atomic mass is 10.1. The molecule has 0 saturated carbocycles. The molecule has 11 heteroatoms. The molecule has 0 aliphatic carbocycles. The van der Waals surface area contributed by atoms with Crippen molar-refractivity contribution in [2.75, 3.05) is 6.61 Å². The number of esters is 1. The molecular weight excluding hydrogens is 470 g/mol. The van der Waals surface area contributed by atoms with Gasteiger partial charge in [0.15, 0.2) is 0 Å². The van der Waals surface area contributed by atoms with Crippen LogP contribution in [0.1, 0.15) is 38.1 Å². The highest BCUT2D eigenvalue weighted by Crippen LogP contribution is 2.43. The molecule has 0 unspecified atom stereocenters. The molecule has 1 aliphatic rings. The van der Waals surface area contributed by atoms with Gasteiger partial charge in [-0.2, -0.15) is 4.57 Å². The van der Waals surface area contributed by atoms with Gasteiger partial charge in [-0.3, -0.25) is 14.2 Å². The van der Waals surface area contributed by atoms with Crippen molar-refractivity contribution in [1.82, 2.24) is 9.13 Å². The Morgan fingerprint density at radius 3 is 2.34 bits per heavy atom. The second-order valence-electron chi connectivity index (χ2n) is 7.93. The molecule has 178 valence electrons. The average molecular weight is 492 g/mol. The van der Waals surface area contributed by atoms with E-state index in [1.54, 1.807) is 48.5 Å². The third kappa shape index (κ3) is 5.06. The summed E-state index contributed by atoms with van der Waals surface area (Å²) in [4.78, 5) is 54.3. The molecule has 0 radical (unpaired) electrons. The fourth-order valence-electron chi connectivity index (χ4n) is 3.85. The maximum absolute atomic E-state index is 13.3. The van der Waals surface area contributed by atoms with Crippen molar-refractivity contribution in [3.63, 3.8) is 0 Å². The van der Waals surface area contributed by atoms with Crippen LogP contribution in [0.2, 0.25) is 0 Å². The monoisotopic (exact) mass is 491 g/mol. The molecule has 4 rings (SSSR count). The molecule has 10 nitrogen and oxygen atoms in total. The number of azide groups is 1. The van der Waals surface area contributed by atoms with Crippen LogP contribution >= 0.6 is 11.8 Å². The minimum atomic E-state index is -0.827. The summed E-state index contributed by atoms with van der Waals surface area (Å²) < 4.78 is 7.27. The number of nitrogens with zero attached hydrogens (tertiary/aromatic N) is 5.